The summed E-state index contributed by atoms with van der Waals surface area (Å²) in [5.74, 6) is 0.692. The van der Waals surface area contributed by atoms with E-state index < -0.39 is 0 Å². The molecule has 1 unspecified atom stereocenters. The molecule has 0 aliphatic rings. The van der Waals surface area contributed by atoms with E-state index in [2.05, 4.69) is 25.7 Å². The van der Waals surface area contributed by atoms with Gasteiger partial charge in [0.1, 0.15) is 17.2 Å². The summed E-state index contributed by atoms with van der Waals surface area (Å²) < 4.78 is 9.63. The average molecular weight is 234 g/mol. The Morgan fingerprint density at radius 2 is 2.67 bits per heavy atom. The quantitative estimate of drug-likeness (QED) is 0.586. The first-order chi connectivity index (χ1) is 5.75. The number of aryl methyl sites for hydroxylation is 1. The van der Waals surface area contributed by atoms with Gasteiger partial charge in [-0.25, -0.2) is 4.98 Å². The van der Waals surface area contributed by atoms with Gasteiger partial charge >= 0.3 is 0 Å². The Bertz CT molecular complexity index is 261. The molecular formula is C7H8BrNO3. The summed E-state index contributed by atoms with van der Waals surface area (Å²) in [5.41, 5.74) is 0.798. The van der Waals surface area contributed by atoms with Crippen molar-refractivity contribution in [2.24, 2.45) is 0 Å². The molecule has 0 radical (unpaired) electrons. The van der Waals surface area contributed by atoms with Crippen LogP contribution in [0, 0.1) is 6.92 Å². The van der Waals surface area contributed by atoms with Crippen molar-refractivity contribution in [3.8, 4) is 0 Å². The largest absolute Gasteiger partial charge is 0.466 e. The van der Waals surface area contributed by atoms with Crippen molar-refractivity contribution in [2.45, 2.75) is 11.8 Å². The molecule has 0 aliphatic heterocycles. The van der Waals surface area contributed by atoms with Crippen molar-refractivity contribution in [3.05, 3.63) is 17.8 Å². The second kappa shape index (κ2) is 4.25. The summed E-state index contributed by atoms with van der Waals surface area (Å²) in [4.78, 5) is 13.7. The number of hydrogen-bond donors (Lipinski definition) is 0. The van der Waals surface area contributed by atoms with Crippen LogP contribution in [0.5, 0.6) is 0 Å². The summed E-state index contributed by atoms with van der Waals surface area (Å²) in [6.07, 6.45) is 1.36. The monoisotopic (exact) mass is 233 g/mol. The molecule has 0 bridgehead atoms. The molecule has 0 saturated heterocycles. The smallest absolute Gasteiger partial charge is 0.293 e. The minimum atomic E-state index is -0.120. The van der Waals surface area contributed by atoms with Gasteiger partial charge in [-0.05, 0) is 6.92 Å². The predicted molar refractivity (Wildman–Crippen MR) is 44.9 cm³/mol. The van der Waals surface area contributed by atoms with E-state index in [4.69, 9.17) is 4.42 Å². The molecule has 4 nitrogen and oxygen atoms in total. The van der Waals surface area contributed by atoms with E-state index in [9.17, 15) is 4.79 Å². The molecule has 1 heterocycles. The van der Waals surface area contributed by atoms with Crippen molar-refractivity contribution in [1.29, 1.82) is 0 Å². The van der Waals surface area contributed by atoms with Gasteiger partial charge in [-0.15, -0.1) is 0 Å². The van der Waals surface area contributed by atoms with Crippen molar-refractivity contribution < 1.29 is 13.9 Å². The normalized spacial score (nSPS) is 12.5. The van der Waals surface area contributed by atoms with Crippen LogP contribution in [-0.2, 0) is 9.53 Å². The SMILES string of the molecule is Cc1ncoc1C(Br)COC=O. The van der Waals surface area contributed by atoms with Gasteiger partial charge in [-0.2, -0.15) is 0 Å². The molecule has 1 aromatic rings. The van der Waals surface area contributed by atoms with Gasteiger partial charge in [0, 0.05) is 0 Å². The van der Waals surface area contributed by atoms with Gasteiger partial charge in [0.05, 0.1) is 5.69 Å². The first-order valence-corrected chi connectivity index (χ1v) is 4.26. The van der Waals surface area contributed by atoms with Crippen molar-refractivity contribution >= 4 is 22.4 Å². The maximum Gasteiger partial charge on any atom is 0.293 e. The third kappa shape index (κ3) is 2.07. The average Bonchev–Trinajstić information content (AvgIpc) is 2.47. The number of aromatic nitrogens is 1. The molecular weight excluding hydrogens is 226 g/mol. The van der Waals surface area contributed by atoms with Crippen LogP contribution in [0.25, 0.3) is 0 Å². The second-order valence-electron chi connectivity index (χ2n) is 2.20. The molecule has 1 atom stereocenters. The molecule has 0 N–H and O–H groups in total. The molecule has 5 heteroatoms. The fourth-order valence-corrected chi connectivity index (χ4v) is 1.40. The molecule has 0 spiro atoms. The third-order valence-corrected chi connectivity index (χ3v) is 2.06. The van der Waals surface area contributed by atoms with Crippen molar-refractivity contribution in [1.82, 2.24) is 4.98 Å². The number of nitrogens with zero attached hydrogens (tertiary/aromatic N) is 1. The van der Waals surface area contributed by atoms with Gasteiger partial charge < -0.3 is 9.15 Å². The fraction of sp³-hybridized carbons (Fsp3) is 0.429. The highest BCUT2D eigenvalue weighted by Gasteiger charge is 2.14. The Balaban J connectivity index is 2.58. The van der Waals surface area contributed by atoms with Gasteiger partial charge in [-0.3, -0.25) is 4.79 Å². The van der Waals surface area contributed by atoms with E-state index in [0.717, 1.165) is 5.69 Å². The van der Waals surface area contributed by atoms with Gasteiger partial charge in [0.25, 0.3) is 6.47 Å². The Labute approximate surface area is 78.0 Å². The minimum absolute atomic E-state index is 0.120. The Hall–Kier alpha value is -0.840. The van der Waals surface area contributed by atoms with Crippen LogP contribution in [0.4, 0.5) is 0 Å². The molecule has 66 valence electrons. The standard InChI is InChI=1S/C7H8BrNO3/c1-5-7(12-3-9-5)6(8)2-11-4-10/h3-4,6H,2H2,1H3. The van der Waals surface area contributed by atoms with Crippen LogP contribution in [0.3, 0.4) is 0 Å². The number of oxazole rings is 1. The number of carbonyl (C=O) groups excluding carboxylic acids is 1. The third-order valence-electron chi connectivity index (χ3n) is 1.38. The highest BCUT2D eigenvalue weighted by atomic mass is 79.9. The Kier molecular flexibility index (Phi) is 3.28. The number of halogens is 1. The topological polar surface area (TPSA) is 52.3 Å². The lowest BCUT2D eigenvalue weighted by molar-refractivity contribution is -0.128. The first kappa shape index (κ1) is 9.25. The number of rotatable bonds is 4. The highest BCUT2D eigenvalue weighted by Crippen LogP contribution is 2.24. The molecule has 0 aromatic carbocycles. The molecule has 0 fully saturated rings. The Morgan fingerprint density at radius 1 is 1.92 bits per heavy atom. The summed E-state index contributed by atoms with van der Waals surface area (Å²) in [5, 5.41) is 0. The maximum atomic E-state index is 9.87. The van der Waals surface area contributed by atoms with Crippen LogP contribution < -0.4 is 0 Å². The lowest BCUT2D eigenvalue weighted by atomic mass is 10.3. The van der Waals surface area contributed by atoms with Crippen LogP contribution in [-0.4, -0.2) is 18.1 Å². The number of hydrogen-bond acceptors (Lipinski definition) is 4. The molecule has 12 heavy (non-hydrogen) atoms. The van der Waals surface area contributed by atoms with E-state index >= 15 is 0 Å². The summed E-state index contributed by atoms with van der Waals surface area (Å²) in [6, 6.07) is 0. The summed E-state index contributed by atoms with van der Waals surface area (Å²) in [6.45, 7) is 2.48. The predicted octanol–water partition coefficient (Wildman–Crippen LogP) is 1.59. The molecule has 1 aromatic heterocycles. The lowest BCUT2D eigenvalue weighted by Crippen LogP contribution is -2.00. The van der Waals surface area contributed by atoms with Gasteiger partial charge in [-0.1, -0.05) is 15.9 Å². The fourth-order valence-electron chi connectivity index (χ4n) is 0.811. The van der Waals surface area contributed by atoms with Crippen molar-refractivity contribution in [2.75, 3.05) is 6.61 Å². The molecule has 0 saturated carbocycles. The number of ether oxygens (including phenoxy) is 1. The van der Waals surface area contributed by atoms with E-state index in [1.54, 1.807) is 0 Å². The minimum Gasteiger partial charge on any atom is -0.466 e. The number of carbonyl (C=O) groups is 1. The molecule has 0 amide bonds. The van der Waals surface area contributed by atoms with Crippen LogP contribution in [0.15, 0.2) is 10.8 Å². The first-order valence-electron chi connectivity index (χ1n) is 3.35. The summed E-state index contributed by atoms with van der Waals surface area (Å²) >= 11 is 3.30. The second-order valence-corrected chi connectivity index (χ2v) is 3.30. The zero-order valence-corrected chi connectivity index (χ0v) is 8.08. The molecule has 0 aliphatic carbocycles. The van der Waals surface area contributed by atoms with E-state index in [1.165, 1.54) is 6.39 Å². The van der Waals surface area contributed by atoms with E-state index in [1.807, 2.05) is 6.92 Å². The van der Waals surface area contributed by atoms with Crippen LogP contribution in [0.2, 0.25) is 0 Å². The van der Waals surface area contributed by atoms with Crippen LogP contribution in [0.1, 0.15) is 16.3 Å². The van der Waals surface area contributed by atoms with Crippen LogP contribution >= 0.6 is 15.9 Å². The maximum absolute atomic E-state index is 9.87. The number of alkyl halides is 1. The van der Waals surface area contributed by atoms with Gasteiger partial charge in [0.15, 0.2) is 6.39 Å². The summed E-state index contributed by atoms with van der Waals surface area (Å²) in [7, 11) is 0. The van der Waals surface area contributed by atoms with Crippen molar-refractivity contribution in [3.63, 3.8) is 0 Å². The van der Waals surface area contributed by atoms with Gasteiger partial charge in [0.2, 0.25) is 0 Å². The molecule has 1 rings (SSSR count). The Morgan fingerprint density at radius 3 is 3.17 bits per heavy atom. The zero-order valence-electron chi connectivity index (χ0n) is 6.49. The zero-order chi connectivity index (χ0) is 8.97. The lowest BCUT2D eigenvalue weighted by Gasteiger charge is -2.04. The van der Waals surface area contributed by atoms with E-state index in [0.29, 0.717) is 12.2 Å². The highest BCUT2D eigenvalue weighted by molar-refractivity contribution is 9.09. The van der Waals surface area contributed by atoms with E-state index in [-0.39, 0.29) is 11.4 Å².